The first-order valence-electron chi connectivity index (χ1n) is 26.5. The molecule has 1 aromatic heterocycles. The second-order valence-electron chi connectivity index (χ2n) is 20.4. The predicted molar refractivity (Wildman–Crippen MR) is 325 cm³/mol. The second kappa shape index (κ2) is 18.3. The van der Waals surface area contributed by atoms with Crippen molar-refractivity contribution in [2.75, 3.05) is 9.80 Å². The molecule has 3 aliphatic rings. The minimum absolute atomic E-state index is 0.0242. The number of rotatable bonds is 10. The van der Waals surface area contributed by atoms with Gasteiger partial charge < -0.3 is 9.80 Å². The molecule has 1 heterocycles. The third-order valence-corrected chi connectivity index (χ3v) is 17.1. The third-order valence-electron chi connectivity index (χ3n) is 16.0. The van der Waals surface area contributed by atoms with E-state index in [2.05, 4.69) is 276 Å². The highest BCUT2D eigenvalue weighted by molar-refractivity contribution is 7.26. The average Bonchev–Trinajstić information content (AvgIpc) is 4.32. The molecule has 2 nitrogen and oxygen atoms in total. The molecule has 0 bridgehead atoms. The molecule has 0 aliphatic heterocycles. The van der Waals surface area contributed by atoms with E-state index in [9.17, 15) is 0 Å². The molecule has 11 aromatic carbocycles. The largest absolute Gasteiger partial charge is 0.310 e. The molecule has 0 amide bonds. The molecule has 3 heteroatoms. The highest BCUT2D eigenvalue weighted by atomic mass is 32.1. The molecule has 0 spiro atoms. The van der Waals surface area contributed by atoms with Crippen LogP contribution in [0.4, 0.5) is 34.1 Å². The summed E-state index contributed by atoms with van der Waals surface area (Å²) in [5.74, 6) is -0.0242. The molecule has 0 fully saturated rings. The quantitative estimate of drug-likeness (QED) is 0.0995. The van der Waals surface area contributed by atoms with Crippen molar-refractivity contribution >= 4 is 104 Å². The summed E-state index contributed by atoms with van der Waals surface area (Å²) in [5, 5.41) is 10.1. The molecular formula is C73H50N2S. The van der Waals surface area contributed by atoms with Gasteiger partial charge in [0.2, 0.25) is 0 Å². The van der Waals surface area contributed by atoms with Gasteiger partial charge in [0, 0.05) is 54.4 Å². The second-order valence-corrected chi connectivity index (χ2v) is 21.5. The maximum Gasteiger partial charge on any atom is 0.0563 e. The monoisotopic (exact) mass is 986 g/mol. The lowest BCUT2D eigenvalue weighted by Gasteiger charge is -2.32. The Bertz CT molecular complexity index is 4490. The number of allylic oxidation sites excluding steroid dienone is 7. The van der Waals surface area contributed by atoms with Crippen LogP contribution in [-0.2, 0) is 6.42 Å². The summed E-state index contributed by atoms with van der Waals surface area (Å²) < 4.78 is 2.56. The van der Waals surface area contributed by atoms with Crippen LogP contribution in [0.3, 0.4) is 0 Å². The fourth-order valence-electron chi connectivity index (χ4n) is 12.5. The van der Waals surface area contributed by atoms with Gasteiger partial charge in [0.05, 0.1) is 11.4 Å². The summed E-state index contributed by atoms with van der Waals surface area (Å²) in [6.07, 6.45) is 16.2. The molecule has 1 unspecified atom stereocenters. The Morgan fingerprint density at radius 2 is 1.20 bits per heavy atom. The summed E-state index contributed by atoms with van der Waals surface area (Å²) in [7, 11) is 0. The van der Waals surface area contributed by atoms with E-state index in [1.165, 1.54) is 103 Å². The smallest absolute Gasteiger partial charge is 0.0563 e. The highest BCUT2D eigenvalue weighted by Gasteiger charge is 2.32. The van der Waals surface area contributed by atoms with Crippen LogP contribution in [0.2, 0.25) is 0 Å². The molecule has 15 rings (SSSR count). The van der Waals surface area contributed by atoms with E-state index in [4.69, 9.17) is 0 Å². The van der Waals surface area contributed by atoms with Gasteiger partial charge in [0.25, 0.3) is 0 Å². The van der Waals surface area contributed by atoms with E-state index in [0.29, 0.717) is 0 Å². The molecular weight excluding hydrogens is 937 g/mol. The zero-order chi connectivity index (χ0) is 50.1. The van der Waals surface area contributed by atoms with Crippen molar-refractivity contribution in [1.29, 1.82) is 0 Å². The van der Waals surface area contributed by atoms with E-state index in [1.54, 1.807) is 0 Å². The van der Waals surface area contributed by atoms with Crippen LogP contribution in [-0.4, -0.2) is 0 Å². The van der Waals surface area contributed by atoms with Crippen LogP contribution in [0.25, 0.3) is 69.2 Å². The topological polar surface area (TPSA) is 6.48 Å². The molecule has 0 radical (unpaired) electrons. The van der Waals surface area contributed by atoms with E-state index in [-0.39, 0.29) is 5.92 Å². The number of anilines is 6. The number of thiophene rings is 1. The fourth-order valence-corrected chi connectivity index (χ4v) is 13.7. The number of benzene rings is 11. The van der Waals surface area contributed by atoms with Gasteiger partial charge in [0.15, 0.2) is 0 Å². The summed E-state index contributed by atoms with van der Waals surface area (Å²) in [6.45, 7) is 0. The first-order valence-corrected chi connectivity index (χ1v) is 27.3. The Hall–Kier alpha value is -9.24. The Balaban J connectivity index is 0.994. The Morgan fingerprint density at radius 1 is 0.474 bits per heavy atom. The van der Waals surface area contributed by atoms with Gasteiger partial charge in [-0.25, -0.2) is 0 Å². The summed E-state index contributed by atoms with van der Waals surface area (Å²) >= 11 is 1.87. The molecule has 12 aromatic rings. The minimum Gasteiger partial charge on any atom is -0.310 e. The number of para-hydroxylation sites is 1. The predicted octanol–water partition coefficient (Wildman–Crippen LogP) is 20.5. The maximum atomic E-state index is 3.44. The molecule has 0 saturated carbocycles. The minimum atomic E-state index is -0.0242. The van der Waals surface area contributed by atoms with E-state index in [1.807, 2.05) is 11.3 Å². The van der Waals surface area contributed by atoms with Gasteiger partial charge >= 0.3 is 0 Å². The third kappa shape index (κ3) is 7.47. The van der Waals surface area contributed by atoms with Crippen molar-refractivity contribution in [2.45, 2.75) is 25.2 Å². The van der Waals surface area contributed by atoms with E-state index in [0.717, 1.165) is 53.4 Å². The Kier molecular flexibility index (Phi) is 10.7. The SMILES string of the molecule is C1=CC=C(C(c2ccc3c(c2)-c2c(cc(N(c4ccc5ccccc5c4)c4cccc5sc6ccccc6c45)cc2N(c2ccccc2)c2ccc(C4=CC=CCC4)cc2)C3)c2cc3ccccc3c3ccccc23)C=1. The van der Waals surface area contributed by atoms with Gasteiger partial charge in [-0.3, -0.25) is 0 Å². The van der Waals surface area contributed by atoms with Crippen LogP contribution in [0.1, 0.15) is 46.6 Å². The lowest BCUT2D eigenvalue weighted by atomic mass is 9.80. The molecule has 0 saturated heterocycles. The highest BCUT2D eigenvalue weighted by Crippen LogP contribution is 2.54. The van der Waals surface area contributed by atoms with Crippen LogP contribution in [0, 0.1) is 0 Å². The van der Waals surface area contributed by atoms with Crippen LogP contribution in [0.5, 0.6) is 0 Å². The normalized spacial score (nSPS) is 13.9. The number of hydrogen-bond acceptors (Lipinski definition) is 3. The molecule has 3 aliphatic carbocycles. The van der Waals surface area contributed by atoms with Crippen molar-refractivity contribution in [3.05, 3.63) is 300 Å². The van der Waals surface area contributed by atoms with Gasteiger partial charge in [-0.1, -0.05) is 164 Å². The van der Waals surface area contributed by atoms with Crippen LogP contribution >= 0.6 is 11.3 Å². The summed E-state index contributed by atoms with van der Waals surface area (Å²) in [5.41, 5.74) is 21.8. The van der Waals surface area contributed by atoms with Crippen LogP contribution in [0.15, 0.2) is 272 Å². The zero-order valence-corrected chi connectivity index (χ0v) is 42.6. The average molecular weight is 987 g/mol. The lowest BCUT2D eigenvalue weighted by Crippen LogP contribution is -2.15. The van der Waals surface area contributed by atoms with Crippen molar-refractivity contribution in [3.63, 3.8) is 0 Å². The Morgan fingerprint density at radius 3 is 2.03 bits per heavy atom. The first-order chi connectivity index (χ1) is 37.7. The van der Waals surface area contributed by atoms with Gasteiger partial charge in [0.1, 0.15) is 0 Å². The summed E-state index contributed by atoms with van der Waals surface area (Å²) in [4.78, 5) is 5.05. The maximum absolute atomic E-state index is 3.44. The van der Waals surface area contributed by atoms with E-state index < -0.39 is 0 Å². The first kappa shape index (κ1) is 44.3. The van der Waals surface area contributed by atoms with Gasteiger partial charge in [-0.05, 0) is 193 Å². The van der Waals surface area contributed by atoms with Crippen molar-refractivity contribution in [3.8, 4) is 11.1 Å². The standard InChI is InChI=1S/C73H50N2S/c1-3-18-48(19-4-1)50-36-39-58(40-37-50)74(57-25-5-2-6-26-57)68-47-60(75(59-41-38-49-20-7-10-23-52(49)43-59)67-31-17-33-70-73(67)64-30-15-16-32-69(64)76-70)44-56-42-54-34-35-55(46-65(54)72(56)68)71(51-21-8-9-22-51)66-45-53-24-11-12-27-61(53)62-28-13-14-29-63(62)66/h1-3,5-8,10-18,20-41,43-47,71H,4,19,42H2. The van der Waals surface area contributed by atoms with E-state index >= 15 is 0 Å². The molecule has 0 N–H and O–H groups in total. The lowest BCUT2D eigenvalue weighted by molar-refractivity contribution is 0.994. The molecule has 1 atom stereocenters. The number of fused-ring (bicyclic) bond motifs is 10. The molecule has 358 valence electrons. The van der Waals surface area contributed by atoms with Crippen LogP contribution < -0.4 is 9.80 Å². The zero-order valence-electron chi connectivity index (χ0n) is 41.8. The van der Waals surface area contributed by atoms with Crippen molar-refractivity contribution < 1.29 is 0 Å². The fraction of sp³-hybridized carbons (Fsp3) is 0.0548. The molecule has 76 heavy (non-hydrogen) atoms. The Labute approximate surface area is 447 Å². The number of hydrogen-bond donors (Lipinski definition) is 0. The van der Waals surface area contributed by atoms with Gasteiger partial charge in [-0.2, -0.15) is 0 Å². The van der Waals surface area contributed by atoms with Crippen molar-refractivity contribution in [1.82, 2.24) is 0 Å². The van der Waals surface area contributed by atoms with Gasteiger partial charge in [-0.15, -0.1) is 17.1 Å². The number of nitrogens with zero attached hydrogens (tertiary/aromatic N) is 2. The van der Waals surface area contributed by atoms with Crippen molar-refractivity contribution in [2.24, 2.45) is 0 Å². The summed E-state index contributed by atoms with van der Waals surface area (Å²) in [6, 6.07) is 84.3.